The van der Waals surface area contributed by atoms with Gasteiger partial charge in [-0.1, -0.05) is 29.8 Å². The number of aryl methyl sites for hydroxylation is 1. The molecule has 1 aliphatic heterocycles. The van der Waals surface area contributed by atoms with Gasteiger partial charge in [-0.05, 0) is 12.5 Å². The third-order valence-electron chi connectivity index (χ3n) is 3.35. The Balaban J connectivity index is 2.15. The zero-order chi connectivity index (χ0) is 14.0. The molecule has 5 heteroatoms. The molecule has 1 saturated heterocycles. The molecule has 1 fully saturated rings. The molecule has 4 nitrogen and oxygen atoms in total. The number of benzene rings is 1. The second kappa shape index (κ2) is 5.65. The van der Waals surface area contributed by atoms with Gasteiger partial charge in [0.05, 0.1) is 0 Å². The fourth-order valence-electron chi connectivity index (χ4n) is 2.29. The van der Waals surface area contributed by atoms with E-state index in [1.807, 2.05) is 31.2 Å². The van der Waals surface area contributed by atoms with Gasteiger partial charge in [0.15, 0.2) is 0 Å². The van der Waals surface area contributed by atoms with Crippen molar-refractivity contribution < 1.29 is 14.7 Å². The van der Waals surface area contributed by atoms with E-state index in [4.69, 9.17) is 0 Å². The Labute approximate surface area is 117 Å². The van der Waals surface area contributed by atoms with Crippen LogP contribution in [0, 0.1) is 6.92 Å². The molecule has 19 heavy (non-hydrogen) atoms. The first-order valence-electron chi connectivity index (χ1n) is 6.23. The quantitative estimate of drug-likeness (QED) is 0.822. The molecule has 1 heterocycles. The first kappa shape index (κ1) is 13.9. The molecule has 2 rings (SSSR count). The maximum Gasteiger partial charge on any atom is 0.326 e. The van der Waals surface area contributed by atoms with Crippen LogP contribution in [0.15, 0.2) is 24.3 Å². The smallest absolute Gasteiger partial charge is 0.326 e. The minimum Gasteiger partial charge on any atom is -0.480 e. The van der Waals surface area contributed by atoms with Crippen molar-refractivity contribution in [2.75, 3.05) is 6.54 Å². The van der Waals surface area contributed by atoms with Crippen LogP contribution in [-0.2, 0) is 16.0 Å². The van der Waals surface area contributed by atoms with Gasteiger partial charge >= 0.3 is 5.97 Å². The Morgan fingerprint density at radius 3 is 2.58 bits per heavy atom. The lowest BCUT2D eigenvalue weighted by Crippen LogP contribution is -2.43. The number of carboxylic acid groups (broad SMARTS) is 1. The topological polar surface area (TPSA) is 57.6 Å². The summed E-state index contributed by atoms with van der Waals surface area (Å²) in [6, 6.07) is 6.91. The van der Waals surface area contributed by atoms with Crippen molar-refractivity contribution in [2.45, 2.75) is 31.1 Å². The summed E-state index contributed by atoms with van der Waals surface area (Å²) in [5.41, 5.74) is 2.05. The van der Waals surface area contributed by atoms with Gasteiger partial charge in [0.1, 0.15) is 6.04 Å². The standard InChI is InChI=1S/C14H17NO3S/c1-9-2-4-10(5-3-9)6-12(14(17)18)15-8-11(19)7-13(15)16/h2-5,11-12,19H,6-8H2,1H3,(H,17,18)/t11?,12-/m0/s1. The highest BCUT2D eigenvalue weighted by atomic mass is 32.1. The molecular weight excluding hydrogens is 262 g/mol. The van der Waals surface area contributed by atoms with Crippen molar-refractivity contribution in [1.29, 1.82) is 0 Å². The molecule has 1 aliphatic rings. The minimum atomic E-state index is -0.962. The monoisotopic (exact) mass is 279 g/mol. The second-order valence-electron chi connectivity index (χ2n) is 4.95. The Kier molecular flexibility index (Phi) is 4.14. The highest BCUT2D eigenvalue weighted by molar-refractivity contribution is 7.81. The predicted molar refractivity (Wildman–Crippen MR) is 75.4 cm³/mol. The second-order valence-corrected chi connectivity index (χ2v) is 5.68. The third kappa shape index (κ3) is 3.29. The van der Waals surface area contributed by atoms with Crippen molar-refractivity contribution in [1.82, 2.24) is 4.90 Å². The number of nitrogens with zero attached hydrogens (tertiary/aromatic N) is 1. The maximum absolute atomic E-state index is 11.8. The SMILES string of the molecule is Cc1ccc(C[C@@H](C(=O)O)N2CC(S)CC2=O)cc1. The molecule has 1 N–H and O–H groups in total. The van der Waals surface area contributed by atoms with E-state index in [9.17, 15) is 14.7 Å². The fourth-order valence-corrected chi connectivity index (χ4v) is 2.62. The largest absolute Gasteiger partial charge is 0.480 e. The van der Waals surface area contributed by atoms with E-state index in [0.29, 0.717) is 19.4 Å². The van der Waals surface area contributed by atoms with Crippen LogP contribution < -0.4 is 0 Å². The van der Waals surface area contributed by atoms with E-state index in [1.165, 1.54) is 4.90 Å². The van der Waals surface area contributed by atoms with Gasteiger partial charge in [0.2, 0.25) is 5.91 Å². The molecule has 1 amide bonds. The Bertz CT molecular complexity index is 486. The number of hydrogen-bond donors (Lipinski definition) is 2. The zero-order valence-corrected chi connectivity index (χ0v) is 11.6. The summed E-state index contributed by atoms with van der Waals surface area (Å²) in [7, 11) is 0. The normalized spacial score (nSPS) is 20.6. The van der Waals surface area contributed by atoms with E-state index in [1.54, 1.807) is 0 Å². The summed E-state index contributed by atoms with van der Waals surface area (Å²) < 4.78 is 0. The molecule has 0 bridgehead atoms. The van der Waals surface area contributed by atoms with E-state index in [-0.39, 0.29) is 11.2 Å². The Morgan fingerprint density at radius 1 is 1.47 bits per heavy atom. The van der Waals surface area contributed by atoms with Gasteiger partial charge in [-0.2, -0.15) is 12.6 Å². The number of carbonyl (C=O) groups is 2. The first-order valence-corrected chi connectivity index (χ1v) is 6.75. The summed E-state index contributed by atoms with van der Waals surface area (Å²) in [5.74, 6) is -1.09. The molecule has 102 valence electrons. The van der Waals surface area contributed by atoms with E-state index in [0.717, 1.165) is 11.1 Å². The Morgan fingerprint density at radius 2 is 2.11 bits per heavy atom. The lowest BCUT2D eigenvalue weighted by atomic mass is 10.0. The lowest BCUT2D eigenvalue weighted by Gasteiger charge is -2.24. The van der Waals surface area contributed by atoms with Crippen LogP contribution >= 0.6 is 12.6 Å². The van der Waals surface area contributed by atoms with Crippen LogP contribution in [0.1, 0.15) is 17.5 Å². The highest BCUT2D eigenvalue weighted by Gasteiger charge is 2.36. The molecule has 0 saturated carbocycles. The number of carboxylic acids is 1. The summed E-state index contributed by atoms with van der Waals surface area (Å²) in [6.45, 7) is 2.39. The van der Waals surface area contributed by atoms with Crippen molar-refractivity contribution in [3.05, 3.63) is 35.4 Å². The van der Waals surface area contributed by atoms with Gasteiger partial charge in [-0.25, -0.2) is 4.79 Å². The highest BCUT2D eigenvalue weighted by Crippen LogP contribution is 2.21. The van der Waals surface area contributed by atoms with Gasteiger partial charge < -0.3 is 10.0 Å². The summed E-state index contributed by atoms with van der Waals surface area (Å²) >= 11 is 4.26. The number of aliphatic carboxylic acids is 1. The molecule has 1 aromatic rings. The van der Waals surface area contributed by atoms with E-state index in [2.05, 4.69) is 12.6 Å². The number of rotatable bonds is 4. The van der Waals surface area contributed by atoms with Gasteiger partial charge in [0, 0.05) is 24.6 Å². The van der Waals surface area contributed by atoms with E-state index >= 15 is 0 Å². The van der Waals surface area contributed by atoms with Crippen LogP contribution in [-0.4, -0.2) is 39.7 Å². The summed E-state index contributed by atoms with van der Waals surface area (Å²) in [4.78, 5) is 24.6. The first-order chi connectivity index (χ1) is 8.97. The summed E-state index contributed by atoms with van der Waals surface area (Å²) in [5, 5.41) is 9.27. The molecule has 0 aromatic heterocycles. The zero-order valence-electron chi connectivity index (χ0n) is 10.7. The molecule has 1 aromatic carbocycles. The molecule has 2 atom stereocenters. The van der Waals surface area contributed by atoms with E-state index < -0.39 is 12.0 Å². The minimum absolute atomic E-state index is 0.0626. The fraction of sp³-hybridized carbons (Fsp3) is 0.429. The van der Waals surface area contributed by atoms with Gasteiger partial charge in [-0.15, -0.1) is 0 Å². The van der Waals surface area contributed by atoms with Crippen LogP contribution in [0.25, 0.3) is 0 Å². The lowest BCUT2D eigenvalue weighted by molar-refractivity contribution is -0.148. The molecule has 1 unspecified atom stereocenters. The number of carbonyl (C=O) groups excluding carboxylic acids is 1. The molecule has 0 spiro atoms. The molecule has 0 radical (unpaired) electrons. The average molecular weight is 279 g/mol. The molecular formula is C14H17NO3S. The van der Waals surface area contributed by atoms with Crippen LogP contribution in [0.5, 0.6) is 0 Å². The Hall–Kier alpha value is -1.49. The number of hydrogen-bond acceptors (Lipinski definition) is 3. The van der Waals surface area contributed by atoms with Gasteiger partial charge in [0.25, 0.3) is 0 Å². The number of amides is 1. The number of likely N-dealkylation sites (tertiary alicyclic amines) is 1. The predicted octanol–water partition coefficient (Wildman–Crippen LogP) is 1.52. The van der Waals surface area contributed by atoms with Crippen molar-refractivity contribution in [3.8, 4) is 0 Å². The maximum atomic E-state index is 11.8. The third-order valence-corrected chi connectivity index (χ3v) is 3.69. The van der Waals surface area contributed by atoms with Gasteiger partial charge in [-0.3, -0.25) is 4.79 Å². The number of thiol groups is 1. The van der Waals surface area contributed by atoms with Crippen LogP contribution in [0.2, 0.25) is 0 Å². The van der Waals surface area contributed by atoms with Crippen LogP contribution in [0.3, 0.4) is 0 Å². The van der Waals surface area contributed by atoms with Crippen molar-refractivity contribution >= 4 is 24.5 Å². The molecule has 0 aliphatic carbocycles. The van der Waals surface area contributed by atoms with Crippen molar-refractivity contribution in [2.24, 2.45) is 0 Å². The average Bonchev–Trinajstić information content (AvgIpc) is 2.67. The summed E-state index contributed by atoms with van der Waals surface area (Å²) in [6.07, 6.45) is 0.655. The van der Waals surface area contributed by atoms with Crippen molar-refractivity contribution in [3.63, 3.8) is 0 Å². The van der Waals surface area contributed by atoms with Crippen LogP contribution in [0.4, 0.5) is 0 Å².